The molecule has 0 aliphatic carbocycles. The van der Waals surface area contributed by atoms with Crippen LogP contribution in [0.4, 0.5) is 4.39 Å². The number of aromatic nitrogens is 4. The number of rotatable bonds is 5. The standard InChI is InChI=1S/C16H20FN5O/c1-11(16-18-19-20-21(16)2)22-9-3-4-14(22)10-15(23)12-5-7-13(17)8-6-12/h5-8,11,14H,3-4,9-10H2,1-2H3/t11-,14+/m0/s1. The van der Waals surface area contributed by atoms with E-state index in [2.05, 4.69) is 27.3 Å². The smallest absolute Gasteiger partial charge is 0.167 e. The van der Waals surface area contributed by atoms with Gasteiger partial charge in [-0.15, -0.1) is 5.10 Å². The van der Waals surface area contributed by atoms with E-state index in [4.69, 9.17) is 0 Å². The zero-order valence-corrected chi connectivity index (χ0v) is 13.3. The Bertz CT molecular complexity index is 684. The van der Waals surface area contributed by atoms with Gasteiger partial charge in [0.05, 0.1) is 6.04 Å². The number of likely N-dealkylation sites (tertiary alicyclic amines) is 1. The lowest BCUT2D eigenvalue weighted by molar-refractivity contribution is 0.0917. The highest BCUT2D eigenvalue weighted by atomic mass is 19.1. The van der Waals surface area contributed by atoms with E-state index in [-0.39, 0.29) is 23.7 Å². The van der Waals surface area contributed by atoms with Gasteiger partial charge in [-0.1, -0.05) is 0 Å². The first kappa shape index (κ1) is 15.7. The highest BCUT2D eigenvalue weighted by molar-refractivity contribution is 5.96. The molecular formula is C16H20FN5O. The molecule has 3 rings (SSSR count). The second kappa shape index (κ2) is 6.54. The summed E-state index contributed by atoms with van der Waals surface area (Å²) in [7, 11) is 1.82. The summed E-state index contributed by atoms with van der Waals surface area (Å²) in [6.45, 7) is 2.99. The molecule has 0 amide bonds. The first-order valence-electron chi connectivity index (χ1n) is 7.83. The minimum atomic E-state index is -0.326. The molecule has 23 heavy (non-hydrogen) atoms. The number of Topliss-reactive ketones (excluding diaryl/α,β-unsaturated/α-hetero) is 1. The molecule has 2 atom stereocenters. The van der Waals surface area contributed by atoms with Crippen LogP contribution in [0.1, 0.15) is 48.4 Å². The van der Waals surface area contributed by atoms with Gasteiger partial charge >= 0.3 is 0 Å². The Morgan fingerprint density at radius 1 is 1.39 bits per heavy atom. The number of aryl methyl sites for hydroxylation is 1. The fraction of sp³-hybridized carbons (Fsp3) is 0.500. The quantitative estimate of drug-likeness (QED) is 0.791. The van der Waals surface area contributed by atoms with Crippen LogP contribution in [0, 0.1) is 5.82 Å². The van der Waals surface area contributed by atoms with Crippen molar-refractivity contribution < 1.29 is 9.18 Å². The van der Waals surface area contributed by atoms with Gasteiger partial charge in [0.15, 0.2) is 11.6 Å². The van der Waals surface area contributed by atoms with E-state index in [9.17, 15) is 9.18 Å². The van der Waals surface area contributed by atoms with Crippen LogP contribution < -0.4 is 0 Å². The summed E-state index contributed by atoms with van der Waals surface area (Å²) in [6.07, 6.45) is 2.46. The highest BCUT2D eigenvalue weighted by Gasteiger charge is 2.32. The summed E-state index contributed by atoms with van der Waals surface area (Å²) in [4.78, 5) is 14.7. The third-order valence-electron chi connectivity index (χ3n) is 4.53. The fourth-order valence-electron chi connectivity index (χ4n) is 3.29. The van der Waals surface area contributed by atoms with Crippen molar-refractivity contribution in [3.63, 3.8) is 0 Å². The number of halogens is 1. The Morgan fingerprint density at radius 2 is 2.13 bits per heavy atom. The molecule has 1 saturated heterocycles. The molecule has 1 aliphatic heterocycles. The molecule has 122 valence electrons. The molecule has 2 heterocycles. The van der Waals surface area contributed by atoms with E-state index in [0.29, 0.717) is 12.0 Å². The molecule has 0 saturated carbocycles. The first-order chi connectivity index (χ1) is 11.1. The minimum Gasteiger partial charge on any atom is -0.294 e. The normalized spacial score (nSPS) is 19.9. The number of carbonyl (C=O) groups is 1. The second-order valence-electron chi connectivity index (χ2n) is 6.00. The van der Waals surface area contributed by atoms with Gasteiger partial charge in [0.1, 0.15) is 5.82 Å². The first-order valence-corrected chi connectivity index (χ1v) is 7.83. The van der Waals surface area contributed by atoms with Gasteiger partial charge < -0.3 is 0 Å². The van der Waals surface area contributed by atoms with Gasteiger partial charge in [-0.2, -0.15) is 0 Å². The molecule has 0 bridgehead atoms. The molecular weight excluding hydrogens is 297 g/mol. The van der Waals surface area contributed by atoms with E-state index in [1.165, 1.54) is 12.1 Å². The van der Waals surface area contributed by atoms with Crippen molar-refractivity contribution >= 4 is 5.78 Å². The number of nitrogens with zero attached hydrogens (tertiary/aromatic N) is 5. The van der Waals surface area contributed by atoms with Gasteiger partial charge in [0, 0.05) is 25.1 Å². The third-order valence-corrected chi connectivity index (χ3v) is 4.53. The maximum absolute atomic E-state index is 13.0. The maximum Gasteiger partial charge on any atom is 0.167 e. The zero-order chi connectivity index (χ0) is 16.4. The van der Waals surface area contributed by atoms with Crippen molar-refractivity contribution in [3.8, 4) is 0 Å². The van der Waals surface area contributed by atoms with Crippen molar-refractivity contribution in [2.45, 2.75) is 38.3 Å². The van der Waals surface area contributed by atoms with Gasteiger partial charge in [-0.25, -0.2) is 9.07 Å². The number of carbonyl (C=O) groups excluding carboxylic acids is 1. The van der Waals surface area contributed by atoms with Crippen LogP contribution in [-0.2, 0) is 7.05 Å². The van der Waals surface area contributed by atoms with Crippen LogP contribution in [0.5, 0.6) is 0 Å². The molecule has 7 heteroatoms. The minimum absolute atomic E-state index is 0.0465. The number of ketones is 1. The van der Waals surface area contributed by atoms with Crippen LogP contribution in [0.25, 0.3) is 0 Å². The molecule has 0 radical (unpaired) electrons. The molecule has 1 fully saturated rings. The van der Waals surface area contributed by atoms with Crippen LogP contribution >= 0.6 is 0 Å². The molecule has 0 N–H and O–H groups in total. The van der Waals surface area contributed by atoms with Crippen molar-refractivity contribution in [2.24, 2.45) is 7.05 Å². The summed E-state index contributed by atoms with van der Waals surface area (Å²) < 4.78 is 14.6. The summed E-state index contributed by atoms with van der Waals surface area (Å²) in [5.41, 5.74) is 0.561. The van der Waals surface area contributed by atoms with E-state index in [0.717, 1.165) is 25.2 Å². The summed E-state index contributed by atoms with van der Waals surface area (Å²) in [5.74, 6) is 0.517. The van der Waals surface area contributed by atoms with Crippen LogP contribution in [0.2, 0.25) is 0 Å². The third kappa shape index (κ3) is 3.29. The molecule has 1 aromatic carbocycles. The molecule has 1 aromatic heterocycles. The molecule has 0 unspecified atom stereocenters. The van der Waals surface area contributed by atoms with Crippen molar-refractivity contribution in [3.05, 3.63) is 41.5 Å². The Balaban J connectivity index is 1.70. The monoisotopic (exact) mass is 317 g/mol. The van der Waals surface area contributed by atoms with Gasteiger partial charge in [-0.3, -0.25) is 9.69 Å². The van der Waals surface area contributed by atoms with E-state index in [1.807, 2.05) is 7.05 Å². The van der Waals surface area contributed by atoms with E-state index in [1.54, 1.807) is 16.8 Å². The SMILES string of the molecule is C[C@@H](c1nnnn1C)N1CCC[C@@H]1CC(=O)c1ccc(F)cc1. The fourth-order valence-corrected chi connectivity index (χ4v) is 3.29. The zero-order valence-electron chi connectivity index (χ0n) is 13.3. The van der Waals surface area contributed by atoms with Gasteiger partial charge in [-0.05, 0) is 61.0 Å². The topological polar surface area (TPSA) is 63.9 Å². The van der Waals surface area contributed by atoms with Crippen LogP contribution in [0.3, 0.4) is 0 Å². The van der Waals surface area contributed by atoms with E-state index >= 15 is 0 Å². The lowest BCUT2D eigenvalue weighted by atomic mass is 10.0. The Morgan fingerprint density at radius 3 is 2.78 bits per heavy atom. The van der Waals surface area contributed by atoms with Gasteiger partial charge in [0.2, 0.25) is 0 Å². The Kier molecular flexibility index (Phi) is 4.47. The number of tetrazole rings is 1. The Hall–Kier alpha value is -2.15. The Labute approximate surface area is 134 Å². The molecule has 6 nitrogen and oxygen atoms in total. The maximum atomic E-state index is 13.0. The average Bonchev–Trinajstić information content (AvgIpc) is 3.16. The summed E-state index contributed by atoms with van der Waals surface area (Å²) in [6, 6.07) is 5.98. The van der Waals surface area contributed by atoms with E-state index < -0.39 is 0 Å². The lowest BCUT2D eigenvalue weighted by Crippen LogP contribution is -2.35. The number of hydrogen-bond acceptors (Lipinski definition) is 5. The lowest BCUT2D eigenvalue weighted by Gasteiger charge is -2.29. The summed E-state index contributed by atoms with van der Waals surface area (Å²) in [5, 5.41) is 11.6. The predicted octanol–water partition coefficient (Wildman–Crippen LogP) is 2.15. The number of benzene rings is 1. The highest BCUT2D eigenvalue weighted by Crippen LogP contribution is 2.30. The average molecular weight is 317 g/mol. The predicted molar refractivity (Wildman–Crippen MR) is 82.3 cm³/mol. The largest absolute Gasteiger partial charge is 0.294 e. The van der Waals surface area contributed by atoms with Crippen molar-refractivity contribution in [1.82, 2.24) is 25.1 Å². The molecule has 2 aromatic rings. The second-order valence-corrected chi connectivity index (χ2v) is 6.00. The molecule has 1 aliphatic rings. The number of hydrogen-bond donors (Lipinski definition) is 0. The molecule has 0 spiro atoms. The van der Waals surface area contributed by atoms with Crippen molar-refractivity contribution in [2.75, 3.05) is 6.54 Å². The van der Waals surface area contributed by atoms with Crippen LogP contribution in [-0.4, -0.2) is 43.5 Å². The van der Waals surface area contributed by atoms with Crippen LogP contribution in [0.15, 0.2) is 24.3 Å². The van der Waals surface area contributed by atoms with Crippen molar-refractivity contribution in [1.29, 1.82) is 0 Å². The summed E-state index contributed by atoms with van der Waals surface area (Å²) >= 11 is 0. The van der Waals surface area contributed by atoms with Gasteiger partial charge in [0.25, 0.3) is 0 Å².